The minimum absolute atomic E-state index is 0.0224. The summed E-state index contributed by atoms with van der Waals surface area (Å²) >= 11 is 0. The number of rotatable bonds is 17. The summed E-state index contributed by atoms with van der Waals surface area (Å²) in [6.45, 7) is 18.5. The summed E-state index contributed by atoms with van der Waals surface area (Å²) in [7, 11) is 4.63. The predicted octanol–water partition coefficient (Wildman–Crippen LogP) is 3.68. The van der Waals surface area contributed by atoms with E-state index in [1.54, 1.807) is 58.4 Å². The lowest BCUT2D eigenvalue weighted by atomic mass is 9.89. The van der Waals surface area contributed by atoms with Gasteiger partial charge in [0.25, 0.3) is 0 Å². The Morgan fingerprint density at radius 1 is 0.936 bits per heavy atom. The van der Waals surface area contributed by atoms with E-state index >= 15 is 0 Å². The smallest absolute Gasteiger partial charge is 0.408 e. The van der Waals surface area contributed by atoms with Crippen molar-refractivity contribution in [2.75, 3.05) is 27.8 Å². The van der Waals surface area contributed by atoms with E-state index in [1.165, 1.54) is 14.2 Å². The summed E-state index contributed by atoms with van der Waals surface area (Å²) in [6.07, 6.45) is -0.0406. The molecule has 1 heterocycles. The Morgan fingerprint density at radius 3 is 1.96 bits per heavy atom. The van der Waals surface area contributed by atoms with Crippen LogP contribution in [0.5, 0.6) is 0 Å². The van der Waals surface area contributed by atoms with Crippen LogP contribution >= 0.6 is 0 Å². The van der Waals surface area contributed by atoms with E-state index in [1.807, 2.05) is 27.7 Å². The van der Waals surface area contributed by atoms with Crippen LogP contribution in [-0.4, -0.2) is 114 Å². The van der Waals surface area contributed by atoms with Gasteiger partial charge in [-0.15, -0.1) is 0 Å². The van der Waals surface area contributed by atoms with E-state index in [4.69, 9.17) is 14.2 Å². The van der Waals surface area contributed by atoms with Gasteiger partial charge in [-0.3, -0.25) is 19.2 Å². The highest BCUT2D eigenvalue weighted by Crippen LogP contribution is 2.29. The number of likely N-dealkylation sites (tertiary alicyclic amines) is 1. The predicted molar refractivity (Wildman–Crippen MR) is 179 cm³/mol. The molecule has 272 valence electrons. The number of likely N-dealkylation sites (N-methyl/N-ethyl adjacent to an activating group) is 1. The minimum Gasteiger partial charge on any atom is -0.481 e. The largest absolute Gasteiger partial charge is 0.481 e. The van der Waals surface area contributed by atoms with Crippen molar-refractivity contribution in [3.8, 4) is 0 Å². The summed E-state index contributed by atoms with van der Waals surface area (Å²) in [4.78, 5) is 68.9. The molecule has 0 saturated carbocycles. The number of methoxy groups -OCH3 is 2. The molecule has 0 aromatic carbocycles. The van der Waals surface area contributed by atoms with Gasteiger partial charge in [-0.05, 0) is 58.3 Å². The number of nitrogens with zero attached hydrogens (tertiary/aromatic N) is 2. The third-order valence-corrected chi connectivity index (χ3v) is 9.09. The van der Waals surface area contributed by atoms with Crippen molar-refractivity contribution in [3.05, 3.63) is 0 Å². The molecule has 0 spiro atoms. The fourth-order valence-electron chi connectivity index (χ4n) is 6.24. The van der Waals surface area contributed by atoms with Gasteiger partial charge in [-0.1, -0.05) is 48.0 Å². The molecule has 47 heavy (non-hydrogen) atoms. The van der Waals surface area contributed by atoms with Gasteiger partial charge < -0.3 is 39.8 Å². The molecular weight excluding hydrogens is 608 g/mol. The zero-order valence-corrected chi connectivity index (χ0v) is 30.9. The fraction of sp³-hybridized carbons (Fsp3) is 0.853. The van der Waals surface area contributed by atoms with Crippen molar-refractivity contribution in [1.29, 1.82) is 0 Å². The van der Waals surface area contributed by atoms with E-state index in [0.29, 0.717) is 19.4 Å². The van der Waals surface area contributed by atoms with Crippen molar-refractivity contribution >= 4 is 29.8 Å². The maximum Gasteiger partial charge on any atom is 0.408 e. The lowest BCUT2D eigenvalue weighted by molar-refractivity contribution is -0.152. The van der Waals surface area contributed by atoms with Crippen molar-refractivity contribution < 1.29 is 43.3 Å². The molecule has 3 N–H and O–H groups in total. The van der Waals surface area contributed by atoms with E-state index in [0.717, 1.165) is 6.42 Å². The molecule has 0 radical (unpaired) electrons. The standard InChI is InChI=1S/C34H62N4O9/c1-14-21(6)28(24(45-12)18-25(39)38-17-15-16-23(38)29(46-13)22(7)32(42)43)37(11)31(41)27(20(4)5)35-30(40)26(19(2)3)36-33(44)47-34(8,9)10/h19-24,26-29H,14-18H2,1-13H3,(H,35,40)(H,36,44)(H,42,43)/t21-,22+,23-,24+,26-,27-,28-,29+/m0/s1. The molecule has 0 aromatic heterocycles. The van der Waals surface area contributed by atoms with E-state index in [2.05, 4.69) is 10.6 Å². The maximum absolute atomic E-state index is 14.1. The number of hydrogen-bond acceptors (Lipinski definition) is 8. The zero-order valence-electron chi connectivity index (χ0n) is 30.9. The first-order valence-electron chi connectivity index (χ1n) is 16.9. The lowest BCUT2D eigenvalue weighted by Crippen LogP contribution is -2.60. The highest BCUT2D eigenvalue weighted by Gasteiger charge is 2.43. The van der Waals surface area contributed by atoms with Gasteiger partial charge in [0.05, 0.1) is 36.6 Å². The van der Waals surface area contributed by atoms with Crippen LogP contribution in [0.25, 0.3) is 0 Å². The van der Waals surface area contributed by atoms with Crippen molar-refractivity contribution in [2.24, 2.45) is 23.7 Å². The monoisotopic (exact) mass is 670 g/mol. The third kappa shape index (κ3) is 11.9. The molecule has 0 bridgehead atoms. The van der Waals surface area contributed by atoms with E-state index in [9.17, 15) is 29.1 Å². The average Bonchev–Trinajstić information content (AvgIpc) is 3.46. The van der Waals surface area contributed by atoms with Crippen LogP contribution in [0.3, 0.4) is 0 Å². The molecule has 0 aromatic rings. The number of nitrogens with one attached hydrogen (secondary N) is 2. The number of amides is 4. The first-order valence-corrected chi connectivity index (χ1v) is 16.9. The average molecular weight is 671 g/mol. The molecule has 13 nitrogen and oxygen atoms in total. The number of alkyl carbamates (subject to hydrolysis) is 1. The van der Waals surface area contributed by atoms with Crippen molar-refractivity contribution in [3.63, 3.8) is 0 Å². The molecule has 0 aliphatic carbocycles. The molecule has 1 rings (SSSR count). The second-order valence-corrected chi connectivity index (χ2v) is 14.5. The molecule has 1 aliphatic heterocycles. The van der Waals surface area contributed by atoms with Crippen LogP contribution in [0.4, 0.5) is 4.79 Å². The molecule has 4 amide bonds. The maximum atomic E-state index is 14.1. The molecular formula is C34H62N4O9. The van der Waals surface area contributed by atoms with Gasteiger partial charge in [0.15, 0.2) is 0 Å². The normalized spacial score (nSPS) is 19.7. The first kappa shape index (κ1) is 42.1. The number of aliphatic carboxylic acids is 1. The molecule has 1 fully saturated rings. The van der Waals surface area contributed by atoms with Gasteiger partial charge >= 0.3 is 12.1 Å². The van der Waals surface area contributed by atoms with Crippen LogP contribution in [0.2, 0.25) is 0 Å². The highest BCUT2D eigenvalue weighted by molar-refractivity contribution is 5.91. The summed E-state index contributed by atoms with van der Waals surface area (Å²) in [5.41, 5.74) is -0.746. The van der Waals surface area contributed by atoms with Crippen LogP contribution < -0.4 is 10.6 Å². The topological polar surface area (TPSA) is 164 Å². The quantitative estimate of drug-likeness (QED) is 0.209. The number of carboxylic acid groups (broad SMARTS) is 1. The Hall–Kier alpha value is -2.93. The fourth-order valence-corrected chi connectivity index (χ4v) is 6.24. The third-order valence-electron chi connectivity index (χ3n) is 9.09. The molecule has 13 heteroatoms. The molecule has 8 atom stereocenters. The van der Waals surface area contributed by atoms with E-state index in [-0.39, 0.29) is 42.0 Å². The SMILES string of the molecule is CC[C@H](C)[C@@H]([C@@H](CC(=O)N1CCC[C@H]1[C@H](OC)[C@@H](C)C(=O)O)OC)N(C)C(=O)[C@@H](NC(=O)[C@@H](NC(=O)OC(C)(C)C)C(C)C)C(C)C. The summed E-state index contributed by atoms with van der Waals surface area (Å²) in [5.74, 6) is -3.50. The van der Waals surface area contributed by atoms with Gasteiger partial charge in [0.2, 0.25) is 17.7 Å². The number of carbonyl (C=O) groups excluding carboxylic acids is 4. The van der Waals surface area contributed by atoms with Gasteiger partial charge in [-0.25, -0.2) is 4.79 Å². The second kappa shape index (κ2) is 18.6. The van der Waals surface area contributed by atoms with Crippen molar-refractivity contribution in [2.45, 2.75) is 137 Å². The summed E-state index contributed by atoms with van der Waals surface area (Å²) in [5, 5.41) is 15.1. The number of ether oxygens (including phenoxy) is 3. The van der Waals surface area contributed by atoms with Crippen molar-refractivity contribution in [1.82, 2.24) is 20.4 Å². The minimum atomic E-state index is -0.991. The Morgan fingerprint density at radius 2 is 1.51 bits per heavy atom. The van der Waals surface area contributed by atoms with Crippen LogP contribution in [0.15, 0.2) is 0 Å². The van der Waals surface area contributed by atoms with Crippen LogP contribution in [0.1, 0.15) is 94.9 Å². The Balaban J connectivity index is 3.26. The van der Waals surface area contributed by atoms with E-state index < -0.39 is 59.8 Å². The van der Waals surface area contributed by atoms with Gasteiger partial charge in [0, 0.05) is 27.8 Å². The Kier molecular flexibility index (Phi) is 16.6. The van der Waals surface area contributed by atoms with Gasteiger partial charge in [0.1, 0.15) is 17.7 Å². The molecule has 1 saturated heterocycles. The number of carbonyl (C=O) groups is 5. The summed E-state index contributed by atoms with van der Waals surface area (Å²) < 4.78 is 16.8. The van der Waals surface area contributed by atoms with Crippen LogP contribution in [-0.2, 0) is 33.4 Å². The lowest BCUT2D eigenvalue weighted by Gasteiger charge is -2.41. The summed E-state index contributed by atoms with van der Waals surface area (Å²) in [6, 6.07) is -2.76. The Labute approximate surface area is 281 Å². The van der Waals surface area contributed by atoms with Crippen LogP contribution in [0, 0.1) is 23.7 Å². The molecule has 1 aliphatic rings. The molecule has 0 unspecified atom stereocenters. The second-order valence-electron chi connectivity index (χ2n) is 14.5. The first-order chi connectivity index (χ1) is 21.7. The Bertz CT molecular complexity index is 1060. The number of hydrogen-bond donors (Lipinski definition) is 3. The highest BCUT2D eigenvalue weighted by atomic mass is 16.6. The van der Waals surface area contributed by atoms with Gasteiger partial charge in [-0.2, -0.15) is 0 Å². The number of carboxylic acids is 1. The zero-order chi connectivity index (χ0) is 36.4.